The number of likely N-dealkylation sites (N-methyl/N-ethyl adjacent to an activating group) is 1. The van der Waals surface area contributed by atoms with E-state index < -0.39 is 34.5 Å². The molecule has 2 fully saturated rings. The Morgan fingerprint density at radius 1 is 1.30 bits per heavy atom. The van der Waals surface area contributed by atoms with E-state index in [0.717, 1.165) is 36.5 Å². The van der Waals surface area contributed by atoms with Gasteiger partial charge in [-0.05, 0) is 31.0 Å². The Morgan fingerprint density at radius 3 is 2.73 bits per heavy atom. The van der Waals surface area contributed by atoms with Crippen LogP contribution >= 0.6 is 0 Å². The highest BCUT2D eigenvalue weighted by atomic mass is 16.5. The van der Waals surface area contributed by atoms with Crippen LogP contribution in [0, 0.1) is 5.41 Å². The van der Waals surface area contributed by atoms with E-state index in [1.54, 1.807) is 7.11 Å². The number of methoxy groups -OCH3 is 2. The largest absolute Gasteiger partial charge is 0.497 e. The standard InChI is InChI=1S/C23H30N2O5/c1-5-21-9-6-11-25-12-10-22(17(21)25)15-8-7-14(29-3)13-16(15)24(2)18(22)23(28,19(21)26)20(27)30-4/h6-9,13,17-19,26,28H,5,10-12H2,1-4H3/t17-,18+,19+,21+,22+,23+/m0/s1. The van der Waals surface area contributed by atoms with Gasteiger partial charge in [0.25, 0.3) is 0 Å². The number of carbonyl (C=O) groups excluding carboxylic acids is 1. The summed E-state index contributed by atoms with van der Waals surface area (Å²) in [6.07, 6.45) is 4.21. The first-order chi connectivity index (χ1) is 14.3. The van der Waals surface area contributed by atoms with Gasteiger partial charge in [0, 0.05) is 42.2 Å². The molecule has 3 aliphatic heterocycles. The molecule has 2 N–H and O–H groups in total. The molecule has 0 aromatic heterocycles. The maximum absolute atomic E-state index is 13.1. The van der Waals surface area contributed by atoms with Crippen LogP contribution < -0.4 is 9.64 Å². The predicted molar refractivity (Wildman–Crippen MR) is 112 cm³/mol. The van der Waals surface area contributed by atoms with Crippen molar-refractivity contribution in [2.45, 2.75) is 49.0 Å². The van der Waals surface area contributed by atoms with Gasteiger partial charge in [-0.1, -0.05) is 25.1 Å². The van der Waals surface area contributed by atoms with Crippen LogP contribution in [0.15, 0.2) is 30.4 Å². The van der Waals surface area contributed by atoms with Crippen molar-refractivity contribution in [3.63, 3.8) is 0 Å². The number of ether oxygens (including phenoxy) is 2. The zero-order valence-electron chi connectivity index (χ0n) is 18.0. The van der Waals surface area contributed by atoms with Crippen molar-refractivity contribution in [2.24, 2.45) is 5.41 Å². The van der Waals surface area contributed by atoms with Gasteiger partial charge < -0.3 is 24.6 Å². The molecule has 1 aromatic rings. The molecule has 162 valence electrons. The monoisotopic (exact) mass is 414 g/mol. The van der Waals surface area contributed by atoms with Gasteiger partial charge in [0.15, 0.2) is 0 Å². The van der Waals surface area contributed by atoms with Crippen molar-refractivity contribution in [1.29, 1.82) is 0 Å². The zero-order chi connectivity index (χ0) is 21.5. The number of anilines is 1. The lowest BCUT2D eigenvalue weighted by Gasteiger charge is -2.63. The second-order valence-corrected chi connectivity index (χ2v) is 9.17. The van der Waals surface area contributed by atoms with E-state index >= 15 is 0 Å². The fraction of sp³-hybridized carbons (Fsp3) is 0.609. The Bertz CT molecular complexity index is 934. The Balaban J connectivity index is 1.85. The number of carbonyl (C=O) groups is 1. The first kappa shape index (κ1) is 19.8. The van der Waals surface area contributed by atoms with E-state index in [4.69, 9.17) is 9.47 Å². The Labute approximate surface area is 176 Å². The normalized spacial score (nSPS) is 41.3. The number of aliphatic hydroxyl groups excluding tert-OH is 1. The van der Waals surface area contributed by atoms with Gasteiger partial charge in [-0.2, -0.15) is 0 Å². The van der Waals surface area contributed by atoms with E-state index in [0.29, 0.717) is 6.42 Å². The molecule has 0 radical (unpaired) electrons. The molecule has 7 heteroatoms. The molecular formula is C23H30N2O5. The van der Waals surface area contributed by atoms with Crippen molar-refractivity contribution in [1.82, 2.24) is 4.90 Å². The molecule has 5 rings (SSSR count). The van der Waals surface area contributed by atoms with Crippen molar-refractivity contribution in [2.75, 3.05) is 39.3 Å². The molecule has 1 saturated carbocycles. The minimum absolute atomic E-state index is 0.0259. The third-order valence-electron chi connectivity index (χ3n) is 8.37. The summed E-state index contributed by atoms with van der Waals surface area (Å²) >= 11 is 0. The fourth-order valence-electron chi connectivity index (χ4n) is 7.34. The third-order valence-corrected chi connectivity index (χ3v) is 8.37. The summed E-state index contributed by atoms with van der Waals surface area (Å²) < 4.78 is 10.6. The zero-order valence-corrected chi connectivity index (χ0v) is 18.0. The second kappa shape index (κ2) is 6.22. The van der Waals surface area contributed by atoms with E-state index in [1.807, 2.05) is 37.1 Å². The second-order valence-electron chi connectivity index (χ2n) is 9.17. The van der Waals surface area contributed by atoms with Crippen LogP contribution in [0.2, 0.25) is 0 Å². The lowest BCUT2D eigenvalue weighted by Crippen LogP contribution is -2.80. The van der Waals surface area contributed by atoms with Gasteiger partial charge in [0.05, 0.1) is 20.3 Å². The number of aliphatic hydroxyl groups is 2. The molecule has 0 bridgehead atoms. The molecule has 1 saturated heterocycles. The SMILES string of the molecule is CC[C@]12C=CCN3CC[C@@]4(c5ccc(OC)cc5N(C)[C@H]4[C@](O)(C(=O)OC)[C@@H]1O)[C@@H]32. The van der Waals surface area contributed by atoms with Gasteiger partial charge in [-0.15, -0.1) is 0 Å². The van der Waals surface area contributed by atoms with Crippen molar-refractivity contribution in [3.05, 3.63) is 35.9 Å². The molecule has 30 heavy (non-hydrogen) atoms. The summed E-state index contributed by atoms with van der Waals surface area (Å²) in [5, 5.41) is 23.7. The molecule has 1 aromatic carbocycles. The van der Waals surface area contributed by atoms with Gasteiger partial charge in [0.2, 0.25) is 5.60 Å². The lowest BCUT2D eigenvalue weighted by atomic mass is 9.48. The van der Waals surface area contributed by atoms with E-state index in [9.17, 15) is 15.0 Å². The van der Waals surface area contributed by atoms with Crippen LogP contribution in [-0.2, 0) is 14.9 Å². The average Bonchev–Trinajstić information content (AvgIpc) is 3.28. The summed E-state index contributed by atoms with van der Waals surface area (Å²) in [5.41, 5.74) is -1.31. The van der Waals surface area contributed by atoms with Crippen LogP contribution in [0.5, 0.6) is 5.75 Å². The quantitative estimate of drug-likeness (QED) is 0.566. The van der Waals surface area contributed by atoms with E-state index in [1.165, 1.54) is 7.11 Å². The molecule has 0 unspecified atom stereocenters. The van der Waals surface area contributed by atoms with Gasteiger partial charge >= 0.3 is 5.97 Å². The number of hydrogen-bond donors (Lipinski definition) is 2. The number of benzene rings is 1. The molecule has 0 amide bonds. The predicted octanol–water partition coefficient (Wildman–Crippen LogP) is 1.07. The van der Waals surface area contributed by atoms with Crippen LogP contribution in [-0.4, -0.2) is 79.2 Å². The van der Waals surface area contributed by atoms with Crippen LogP contribution in [0.25, 0.3) is 0 Å². The molecule has 3 heterocycles. The number of hydrogen-bond acceptors (Lipinski definition) is 7. The highest BCUT2D eigenvalue weighted by molar-refractivity contribution is 5.86. The molecule has 1 spiro atoms. The molecule has 7 nitrogen and oxygen atoms in total. The fourth-order valence-corrected chi connectivity index (χ4v) is 7.34. The van der Waals surface area contributed by atoms with E-state index in [2.05, 4.69) is 17.0 Å². The van der Waals surface area contributed by atoms with Crippen molar-refractivity contribution in [3.8, 4) is 5.75 Å². The topological polar surface area (TPSA) is 82.5 Å². The van der Waals surface area contributed by atoms with Crippen molar-refractivity contribution < 1.29 is 24.5 Å². The summed E-state index contributed by atoms with van der Waals surface area (Å²) in [4.78, 5) is 17.5. The van der Waals surface area contributed by atoms with Gasteiger partial charge in [-0.3, -0.25) is 4.90 Å². The Kier molecular flexibility index (Phi) is 4.11. The first-order valence-corrected chi connectivity index (χ1v) is 10.6. The summed E-state index contributed by atoms with van der Waals surface area (Å²) in [6, 6.07) is 5.31. The third kappa shape index (κ3) is 1.95. The van der Waals surface area contributed by atoms with Crippen LogP contribution in [0.4, 0.5) is 5.69 Å². The minimum atomic E-state index is -2.07. The van der Waals surface area contributed by atoms with Crippen LogP contribution in [0.1, 0.15) is 25.3 Å². The molecule has 1 aliphatic carbocycles. The minimum Gasteiger partial charge on any atom is -0.497 e. The first-order valence-electron chi connectivity index (χ1n) is 10.6. The molecule has 6 atom stereocenters. The number of rotatable bonds is 3. The highest BCUT2D eigenvalue weighted by Gasteiger charge is 2.78. The maximum atomic E-state index is 13.1. The Hall–Kier alpha value is -2.09. The molecule has 4 aliphatic rings. The van der Waals surface area contributed by atoms with Crippen LogP contribution in [0.3, 0.4) is 0 Å². The van der Waals surface area contributed by atoms with Gasteiger partial charge in [0.1, 0.15) is 11.9 Å². The highest BCUT2D eigenvalue weighted by Crippen LogP contribution is 2.66. The van der Waals surface area contributed by atoms with E-state index in [-0.39, 0.29) is 6.04 Å². The number of esters is 1. The number of fused-ring (bicyclic) bond motifs is 1. The smallest absolute Gasteiger partial charge is 0.342 e. The average molecular weight is 415 g/mol. The number of nitrogens with zero attached hydrogens (tertiary/aromatic N) is 2. The van der Waals surface area contributed by atoms with Crippen molar-refractivity contribution >= 4 is 11.7 Å². The summed E-state index contributed by atoms with van der Waals surface area (Å²) in [5.74, 6) is -0.0624. The maximum Gasteiger partial charge on any atom is 0.342 e. The molecular weight excluding hydrogens is 384 g/mol. The summed E-state index contributed by atoms with van der Waals surface area (Å²) in [6.45, 7) is 3.67. The van der Waals surface area contributed by atoms with Gasteiger partial charge in [-0.25, -0.2) is 4.79 Å². The lowest BCUT2D eigenvalue weighted by molar-refractivity contribution is -0.218. The Morgan fingerprint density at radius 2 is 2.07 bits per heavy atom. The summed E-state index contributed by atoms with van der Waals surface area (Å²) in [7, 11) is 4.79.